The van der Waals surface area contributed by atoms with Gasteiger partial charge in [0.1, 0.15) is 0 Å². The van der Waals surface area contributed by atoms with Crippen molar-refractivity contribution in [1.29, 1.82) is 0 Å². The number of methoxy groups -OCH3 is 1. The number of pyridine rings is 1. The quantitative estimate of drug-likeness (QED) is 0.690. The van der Waals surface area contributed by atoms with E-state index < -0.39 is 5.82 Å². The Hall–Kier alpha value is -1.53. The van der Waals surface area contributed by atoms with Crippen LogP contribution in [0.15, 0.2) is 18.5 Å². The molecule has 0 aliphatic carbocycles. The van der Waals surface area contributed by atoms with Crippen molar-refractivity contribution < 1.29 is 13.9 Å². The number of hydrogen-bond acceptors (Lipinski definition) is 4. The van der Waals surface area contributed by atoms with E-state index in [4.69, 9.17) is 4.74 Å². The lowest BCUT2D eigenvalue weighted by Crippen LogP contribution is -2.30. The number of carbonyl (C=O) groups is 1. The molecule has 0 bridgehead atoms. The van der Waals surface area contributed by atoms with Gasteiger partial charge in [-0.15, -0.1) is 0 Å². The minimum atomic E-state index is -0.548. The van der Waals surface area contributed by atoms with Gasteiger partial charge < -0.3 is 15.4 Å². The summed E-state index contributed by atoms with van der Waals surface area (Å²) < 4.78 is 17.9. The predicted octanol–water partition coefficient (Wildman–Crippen LogP) is 0.395. The van der Waals surface area contributed by atoms with Gasteiger partial charge in [0, 0.05) is 19.9 Å². The highest BCUT2D eigenvalue weighted by atomic mass is 19.1. The van der Waals surface area contributed by atoms with Gasteiger partial charge in [0.25, 0.3) is 0 Å². The van der Waals surface area contributed by atoms with Crippen molar-refractivity contribution in [3.63, 3.8) is 0 Å². The third kappa shape index (κ3) is 4.33. The number of hydrogen-bond donors (Lipinski definition) is 2. The van der Waals surface area contributed by atoms with Gasteiger partial charge in [0.15, 0.2) is 5.82 Å². The fourth-order valence-corrected chi connectivity index (χ4v) is 1.05. The molecule has 1 aromatic rings. The highest BCUT2D eigenvalue weighted by Crippen LogP contribution is 2.09. The van der Waals surface area contributed by atoms with Crippen LogP contribution in [-0.2, 0) is 9.53 Å². The summed E-state index contributed by atoms with van der Waals surface area (Å²) in [5.41, 5.74) is 0.133. The molecule has 6 heteroatoms. The number of halogens is 1. The van der Waals surface area contributed by atoms with E-state index in [1.54, 1.807) is 7.11 Å². The van der Waals surface area contributed by atoms with Gasteiger partial charge >= 0.3 is 0 Å². The smallest absolute Gasteiger partial charge is 0.238 e. The molecular weight excluding hydrogens is 213 g/mol. The van der Waals surface area contributed by atoms with Crippen molar-refractivity contribution in [3.8, 4) is 0 Å². The molecule has 1 aromatic heterocycles. The van der Waals surface area contributed by atoms with Crippen LogP contribution in [0, 0.1) is 5.82 Å². The van der Waals surface area contributed by atoms with E-state index >= 15 is 0 Å². The van der Waals surface area contributed by atoms with E-state index in [2.05, 4.69) is 15.6 Å². The second kappa shape index (κ2) is 6.86. The van der Waals surface area contributed by atoms with Crippen molar-refractivity contribution in [2.75, 3.05) is 32.1 Å². The van der Waals surface area contributed by atoms with E-state index in [0.29, 0.717) is 13.2 Å². The molecule has 16 heavy (non-hydrogen) atoms. The molecule has 0 saturated heterocycles. The number of nitrogens with one attached hydrogen (secondary N) is 2. The lowest BCUT2D eigenvalue weighted by Gasteiger charge is -2.06. The number of ether oxygens (including phenoxy) is 1. The SMILES string of the molecule is COCCNCC(=O)Nc1ccncc1F. The van der Waals surface area contributed by atoms with Crippen LogP contribution in [0.25, 0.3) is 0 Å². The second-order valence-corrected chi connectivity index (χ2v) is 3.07. The van der Waals surface area contributed by atoms with Crippen molar-refractivity contribution in [2.45, 2.75) is 0 Å². The summed E-state index contributed by atoms with van der Waals surface area (Å²) in [5, 5.41) is 5.28. The third-order valence-electron chi connectivity index (χ3n) is 1.82. The monoisotopic (exact) mass is 227 g/mol. The first-order valence-electron chi connectivity index (χ1n) is 4.83. The van der Waals surface area contributed by atoms with Crippen LogP contribution < -0.4 is 10.6 Å². The molecule has 0 spiro atoms. The number of aromatic nitrogens is 1. The maximum absolute atomic E-state index is 13.1. The predicted molar refractivity (Wildman–Crippen MR) is 57.6 cm³/mol. The van der Waals surface area contributed by atoms with Crippen LogP contribution in [0.5, 0.6) is 0 Å². The highest BCUT2D eigenvalue weighted by molar-refractivity contribution is 5.92. The minimum absolute atomic E-state index is 0.116. The lowest BCUT2D eigenvalue weighted by atomic mass is 10.4. The van der Waals surface area contributed by atoms with E-state index in [-0.39, 0.29) is 18.1 Å². The fourth-order valence-electron chi connectivity index (χ4n) is 1.05. The van der Waals surface area contributed by atoms with Crippen LogP contribution in [-0.4, -0.2) is 37.7 Å². The molecule has 0 aliphatic rings. The molecule has 1 heterocycles. The molecule has 88 valence electrons. The summed E-state index contributed by atoms with van der Waals surface area (Å²) in [6.45, 7) is 1.21. The first kappa shape index (κ1) is 12.5. The molecule has 0 aromatic carbocycles. The van der Waals surface area contributed by atoms with Crippen molar-refractivity contribution in [2.24, 2.45) is 0 Å². The van der Waals surface area contributed by atoms with Crippen molar-refractivity contribution in [1.82, 2.24) is 10.3 Å². The average Bonchev–Trinajstić information content (AvgIpc) is 2.28. The van der Waals surface area contributed by atoms with Crippen LogP contribution in [0.4, 0.5) is 10.1 Å². The Kier molecular flexibility index (Phi) is 5.38. The van der Waals surface area contributed by atoms with Gasteiger partial charge in [-0.3, -0.25) is 9.78 Å². The Bertz CT molecular complexity index is 347. The summed E-state index contributed by atoms with van der Waals surface area (Å²) in [7, 11) is 1.58. The number of amides is 1. The molecular formula is C10H14FN3O2. The van der Waals surface area contributed by atoms with Gasteiger partial charge in [0.05, 0.1) is 25.0 Å². The van der Waals surface area contributed by atoms with E-state index in [9.17, 15) is 9.18 Å². The van der Waals surface area contributed by atoms with Crippen LogP contribution in [0.1, 0.15) is 0 Å². The standard InChI is InChI=1S/C10H14FN3O2/c1-16-5-4-13-7-10(15)14-9-2-3-12-6-8(9)11/h2-3,6,13H,4-5,7H2,1H3,(H,12,14,15). The van der Waals surface area contributed by atoms with Crippen LogP contribution in [0.3, 0.4) is 0 Å². The Morgan fingerprint density at radius 3 is 3.12 bits per heavy atom. The first-order valence-corrected chi connectivity index (χ1v) is 4.83. The zero-order valence-electron chi connectivity index (χ0n) is 9.00. The Balaban J connectivity index is 2.32. The zero-order valence-corrected chi connectivity index (χ0v) is 9.00. The first-order chi connectivity index (χ1) is 7.74. The summed E-state index contributed by atoms with van der Waals surface area (Å²) in [6.07, 6.45) is 2.46. The maximum atomic E-state index is 13.1. The number of anilines is 1. The summed E-state index contributed by atoms with van der Waals surface area (Å²) in [6, 6.07) is 1.41. The molecule has 1 rings (SSSR count). The molecule has 0 atom stereocenters. The Labute approximate surface area is 93.0 Å². The van der Waals surface area contributed by atoms with Gasteiger partial charge in [-0.1, -0.05) is 0 Å². The van der Waals surface area contributed by atoms with E-state index in [1.165, 1.54) is 12.3 Å². The topological polar surface area (TPSA) is 63.2 Å². The summed E-state index contributed by atoms with van der Waals surface area (Å²) in [5.74, 6) is -0.853. The lowest BCUT2D eigenvalue weighted by molar-refractivity contribution is -0.115. The van der Waals surface area contributed by atoms with E-state index in [0.717, 1.165) is 6.20 Å². The average molecular weight is 227 g/mol. The molecule has 0 saturated carbocycles. The summed E-state index contributed by atoms with van der Waals surface area (Å²) >= 11 is 0. The van der Waals surface area contributed by atoms with Gasteiger partial charge in [-0.25, -0.2) is 4.39 Å². The van der Waals surface area contributed by atoms with Crippen molar-refractivity contribution in [3.05, 3.63) is 24.3 Å². The van der Waals surface area contributed by atoms with E-state index in [1.807, 2.05) is 0 Å². The molecule has 5 nitrogen and oxygen atoms in total. The largest absolute Gasteiger partial charge is 0.383 e. The highest BCUT2D eigenvalue weighted by Gasteiger charge is 2.05. The zero-order chi connectivity index (χ0) is 11.8. The normalized spacial score (nSPS) is 10.1. The fraction of sp³-hybridized carbons (Fsp3) is 0.400. The van der Waals surface area contributed by atoms with Crippen LogP contribution in [0.2, 0.25) is 0 Å². The number of nitrogens with zero attached hydrogens (tertiary/aromatic N) is 1. The molecule has 0 unspecified atom stereocenters. The Morgan fingerprint density at radius 2 is 2.44 bits per heavy atom. The molecule has 0 fully saturated rings. The van der Waals surface area contributed by atoms with Gasteiger partial charge in [-0.2, -0.15) is 0 Å². The number of carbonyl (C=O) groups excluding carboxylic acids is 1. The third-order valence-corrected chi connectivity index (χ3v) is 1.82. The second-order valence-electron chi connectivity index (χ2n) is 3.07. The molecule has 1 amide bonds. The molecule has 0 aliphatic heterocycles. The van der Waals surface area contributed by atoms with Gasteiger partial charge in [-0.05, 0) is 6.07 Å². The molecule has 2 N–H and O–H groups in total. The van der Waals surface area contributed by atoms with Gasteiger partial charge in [0.2, 0.25) is 5.91 Å². The van der Waals surface area contributed by atoms with Crippen LogP contribution >= 0.6 is 0 Å². The maximum Gasteiger partial charge on any atom is 0.238 e. The Morgan fingerprint density at radius 1 is 1.62 bits per heavy atom. The molecule has 0 radical (unpaired) electrons. The van der Waals surface area contributed by atoms with Crippen molar-refractivity contribution >= 4 is 11.6 Å². The summed E-state index contributed by atoms with van der Waals surface area (Å²) in [4.78, 5) is 14.9. The number of rotatable bonds is 6. The minimum Gasteiger partial charge on any atom is -0.383 e.